The van der Waals surface area contributed by atoms with Crippen LogP contribution in [0.25, 0.3) is 0 Å². The maximum absolute atomic E-state index is 12.8. The van der Waals surface area contributed by atoms with Gasteiger partial charge in [0, 0.05) is 12.0 Å². The van der Waals surface area contributed by atoms with Crippen molar-refractivity contribution >= 4 is 17.7 Å². The summed E-state index contributed by atoms with van der Waals surface area (Å²) in [5, 5.41) is 12.2. The number of carbonyl (C=O) groups excluding carboxylic acids is 1. The zero-order chi connectivity index (χ0) is 18.5. The lowest BCUT2D eigenvalue weighted by molar-refractivity contribution is 0.0376. The highest BCUT2D eigenvalue weighted by Gasteiger charge is 2.50. The molecule has 2 N–H and O–H groups in total. The second kappa shape index (κ2) is 5.66. The number of hydrogen-bond donors (Lipinski definition) is 2. The lowest BCUT2D eigenvalue weighted by atomic mass is 9.90. The first-order valence-electron chi connectivity index (χ1n) is 8.22. The number of rotatable bonds is 3. The van der Waals surface area contributed by atoms with E-state index in [4.69, 9.17) is 9.47 Å². The topological polar surface area (TPSA) is 88.1 Å². The number of fused-ring (bicyclic) bond motifs is 4. The molecule has 134 valence electrons. The molecule has 2 bridgehead atoms. The van der Waals surface area contributed by atoms with Crippen LogP contribution >= 0.6 is 0 Å². The summed E-state index contributed by atoms with van der Waals surface area (Å²) in [6.07, 6.45) is 0.524. The van der Waals surface area contributed by atoms with Crippen LogP contribution < -0.4 is 19.7 Å². The highest BCUT2D eigenvalue weighted by atomic mass is 16.5. The Bertz CT molecular complexity index is 913. The average Bonchev–Trinajstić information content (AvgIpc) is 2.61. The summed E-state index contributed by atoms with van der Waals surface area (Å²) in [4.78, 5) is 25.6. The summed E-state index contributed by atoms with van der Waals surface area (Å²) in [6, 6.07) is 11.2. The molecule has 0 saturated carbocycles. The van der Waals surface area contributed by atoms with Crippen LogP contribution in [0.1, 0.15) is 35.3 Å². The van der Waals surface area contributed by atoms with Crippen molar-refractivity contribution in [2.45, 2.75) is 25.1 Å². The van der Waals surface area contributed by atoms with Crippen LogP contribution in [0.2, 0.25) is 0 Å². The first-order chi connectivity index (χ1) is 12.4. The predicted molar refractivity (Wildman–Crippen MR) is 93.8 cm³/mol. The molecule has 2 atom stereocenters. The van der Waals surface area contributed by atoms with Crippen molar-refractivity contribution in [3.63, 3.8) is 0 Å². The van der Waals surface area contributed by atoms with Gasteiger partial charge in [-0.2, -0.15) is 0 Å². The first kappa shape index (κ1) is 16.3. The Morgan fingerprint density at radius 1 is 1.35 bits per heavy atom. The fraction of sp³-hybridized carbons (Fsp3) is 0.263. The molecule has 0 aromatic heterocycles. The minimum Gasteiger partial charge on any atom is -0.497 e. The molecule has 2 aliphatic rings. The molecule has 26 heavy (non-hydrogen) atoms. The van der Waals surface area contributed by atoms with Crippen molar-refractivity contribution in [1.29, 1.82) is 0 Å². The maximum Gasteiger partial charge on any atom is 0.335 e. The third kappa shape index (κ3) is 2.44. The minimum absolute atomic E-state index is 0.113. The van der Waals surface area contributed by atoms with E-state index in [1.807, 2.05) is 19.1 Å². The largest absolute Gasteiger partial charge is 0.497 e. The van der Waals surface area contributed by atoms with Crippen molar-refractivity contribution in [1.82, 2.24) is 5.32 Å². The SMILES string of the molecule is COc1ccc2c(c1)C1CC(C)(O2)N(c2cccc(C(=O)O)c2)C(=O)N1. The molecule has 2 heterocycles. The van der Waals surface area contributed by atoms with Crippen LogP contribution in [-0.4, -0.2) is 29.9 Å². The molecule has 0 radical (unpaired) electrons. The van der Waals surface area contributed by atoms with Crippen LogP contribution in [0.15, 0.2) is 42.5 Å². The molecule has 0 spiro atoms. The third-order valence-electron chi connectivity index (χ3n) is 4.83. The molecule has 2 amide bonds. The number of methoxy groups -OCH3 is 1. The number of carboxylic acid groups (broad SMARTS) is 1. The standard InChI is InChI=1S/C19H18N2O5/c1-19-10-15(14-9-13(25-2)6-7-16(14)26-19)20-18(24)21(19)12-5-3-4-11(8-12)17(22)23/h3-9,15H,10H2,1-2H3,(H,20,24)(H,22,23). The Kier molecular flexibility index (Phi) is 3.54. The smallest absolute Gasteiger partial charge is 0.335 e. The van der Waals surface area contributed by atoms with E-state index in [0.29, 0.717) is 23.6 Å². The number of carbonyl (C=O) groups is 2. The fourth-order valence-corrected chi connectivity index (χ4v) is 3.65. The van der Waals surface area contributed by atoms with Gasteiger partial charge in [0.05, 0.1) is 24.4 Å². The Balaban J connectivity index is 1.77. The Labute approximate surface area is 150 Å². The van der Waals surface area contributed by atoms with Crippen LogP contribution in [0.4, 0.5) is 10.5 Å². The second-order valence-corrected chi connectivity index (χ2v) is 6.58. The molecule has 2 aromatic carbocycles. The fourth-order valence-electron chi connectivity index (χ4n) is 3.65. The van der Waals surface area contributed by atoms with Gasteiger partial charge in [-0.05, 0) is 43.3 Å². The molecule has 1 saturated heterocycles. The average molecular weight is 354 g/mol. The van der Waals surface area contributed by atoms with Crippen molar-refractivity contribution in [3.8, 4) is 11.5 Å². The lowest BCUT2D eigenvalue weighted by Gasteiger charge is -2.50. The van der Waals surface area contributed by atoms with Gasteiger partial charge in [-0.25, -0.2) is 9.59 Å². The van der Waals surface area contributed by atoms with Crippen LogP contribution in [0.5, 0.6) is 11.5 Å². The molecular weight excluding hydrogens is 336 g/mol. The van der Waals surface area contributed by atoms with Crippen LogP contribution in [0, 0.1) is 0 Å². The number of anilines is 1. The second-order valence-electron chi connectivity index (χ2n) is 6.58. The van der Waals surface area contributed by atoms with E-state index in [1.54, 1.807) is 25.3 Å². The minimum atomic E-state index is -1.05. The van der Waals surface area contributed by atoms with Gasteiger partial charge in [0.1, 0.15) is 11.5 Å². The number of urea groups is 1. The normalized spacial score (nSPS) is 23.5. The number of nitrogens with one attached hydrogen (secondary N) is 1. The molecule has 4 rings (SSSR count). The van der Waals surface area contributed by atoms with Crippen LogP contribution in [0.3, 0.4) is 0 Å². The van der Waals surface area contributed by atoms with Gasteiger partial charge >= 0.3 is 12.0 Å². The summed E-state index contributed by atoms with van der Waals surface area (Å²) in [5.74, 6) is 0.319. The van der Waals surface area contributed by atoms with Gasteiger partial charge in [0.25, 0.3) is 0 Å². The van der Waals surface area contributed by atoms with Gasteiger partial charge in [-0.15, -0.1) is 0 Å². The number of amides is 2. The zero-order valence-corrected chi connectivity index (χ0v) is 14.4. The Hall–Kier alpha value is -3.22. The number of ether oxygens (including phenoxy) is 2. The quantitative estimate of drug-likeness (QED) is 0.884. The van der Waals surface area contributed by atoms with E-state index in [9.17, 15) is 14.7 Å². The summed E-state index contributed by atoms with van der Waals surface area (Å²) in [6.45, 7) is 1.83. The molecule has 7 heteroatoms. The molecule has 2 aliphatic heterocycles. The van der Waals surface area contributed by atoms with Crippen molar-refractivity contribution in [2.24, 2.45) is 0 Å². The number of carboxylic acids is 1. The lowest BCUT2D eigenvalue weighted by Crippen LogP contribution is -2.65. The number of hydrogen-bond acceptors (Lipinski definition) is 4. The summed E-state index contributed by atoms with van der Waals surface area (Å²) in [7, 11) is 1.59. The van der Waals surface area contributed by atoms with Gasteiger partial charge in [-0.3, -0.25) is 4.90 Å². The van der Waals surface area contributed by atoms with Gasteiger partial charge in [0.2, 0.25) is 0 Å². The van der Waals surface area contributed by atoms with E-state index in [0.717, 1.165) is 5.56 Å². The van der Waals surface area contributed by atoms with Crippen molar-refractivity contribution in [2.75, 3.05) is 12.0 Å². The van der Waals surface area contributed by atoms with Gasteiger partial charge < -0.3 is 19.9 Å². The number of benzene rings is 2. The molecule has 2 unspecified atom stereocenters. The highest BCUT2D eigenvalue weighted by Crippen LogP contribution is 2.46. The monoisotopic (exact) mass is 354 g/mol. The van der Waals surface area contributed by atoms with E-state index < -0.39 is 11.7 Å². The Morgan fingerprint density at radius 3 is 2.88 bits per heavy atom. The molecule has 2 aromatic rings. The van der Waals surface area contributed by atoms with Crippen molar-refractivity contribution < 1.29 is 24.2 Å². The van der Waals surface area contributed by atoms with E-state index in [2.05, 4.69) is 5.32 Å². The van der Waals surface area contributed by atoms with Gasteiger partial charge in [-0.1, -0.05) is 6.07 Å². The first-order valence-corrected chi connectivity index (χ1v) is 8.22. The molecule has 0 aliphatic carbocycles. The predicted octanol–water partition coefficient (Wildman–Crippen LogP) is 3.16. The number of nitrogens with zero attached hydrogens (tertiary/aromatic N) is 1. The summed E-state index contributed by atoms with van der Waals surface area (Å²) in [5.41, 5.74) is 0.530. The molecular formula is C19H18N2O5. The zero-order valence-electron chi connectivity index (χ0n) is 14.4. The third-order valence-corrected chi connectivity index (χ3v) is 4.83. The Morgan fingerprint density at radius 2 is 2.15 bits per heavy atom. The van der Waals surface area contributed by atoms with E-state index in [-0.39, 0.29) is 17.6 Å². The maximum atomic E-state index is 12.8. The molecule has 1 fully saturated rings. The summed E-state index contributed by atoms with van der Waals surface area (Å²) >= 11 is 0. The van der Waals surface area contributed by atoms with Crippen LogP contribution in [-0.2, 0) is 0 Å². The summed E-state index contributed by atoms with van der Waals surface area (Å²) < 4.78 is 11.5. The number of aromatic carboxylic acids is 1. The molecule has 7 nitrogen and oxygen atoms in total. The van der Waals surface area contributed by atoms with E-state index >= 15 is 0 Å². The van der Waals surface area contributed by atoms with Crippen molar-refractivity contribution in [3.05, 3.63) is 53.6 Å². The van der Waals surface area contributed by atoms with E-state index in [1.165, 1.54) is 17.0 Å². The highest BCUT2D eigenvalue weighted by molar-refractivity contribution is 5.97. The van der Waals surface area contributed by atoms with Gasteiger partial charge in [0.15, 0.2) is 5.72 Å².